The monoisotopic (exact) mass is 562 g/mol. The van der Waals surface area contributed by atoms with E-state index in [0.29, 0.717) is 35.2 Å². The van der Waals surface area contributed by atoms with Crippen molar-refractivity contribution in [3.8, 4) is 11.8 Å². The standard InChI is InChI=1S/C28H36Cl2N4O4/c1-27(2)11-8-18(25(36)33-27)12-20(15-31)32-26(37)22-14-28(9-4-3-5-10-28)17-34(22)24(35)16-38-23-7-6-19(29)13-21(23)30/h6-7,13,18,20,22H,3-5,8-12,14,16-17H2,1-2H3,(H,32,37)(H,33,36)/t18-,20-,22-/m0/s1. The molecule has 0 unspecified atom stereocenters. The van der Waals surface area contributed by atoms with Crippen LogP contribution in [0.2, 0.25) is 10.0 Å². The van der Waals surface area contributed by atoms with E-state index in [1.807, 2.05) is 13.8 Å². The highest BCUT2D eigenvalue weighted by Crippen LogP contribution is 2.46. The first-order valence-electron chi connectivity index (χ1n) is 13.4. The second-order valence-corrected chi connectivity index (χ2v) is 12.5. The van der Waals surface area contributed by atoms with Crippen LogP contribution in [0.3, 0.4) is 0 Å². The Kier molecular flexibility index (Phi) is 8.78. The molecule has 2 aliphatic heterocycles. The minimum absolute atomic E-state index is 0.0902. The summed E-state index contributed by atoms with van der Waals surface area (Å²) in [6.45, 7) is 4.17. The van der Waals surface area contributed by atoms with Gasteiger partial charge in [0.05, 0.1) is 11.1 Å². The number of nitrogens with zero attached hydrogens (tertiary/aromatic N) is 2. The minimum Gasteiger partial charge on any atom is -0.482 e. The van der Waals surface area contributed by atoms with Crippen LogP contribution in [0.25, 0.3) is 0 Å². The number of hydrogen-bond acceptors (Lipinski definition) is 5. The van der Waals surface area contributed by atoms with Gasteiger partial charge >= 0.3 is 0 Å². The summed E-state index contributed by atoms with van der Waals surface area (Å²) >= 11 is 12.1. The topological polar surface area (TPSA) is 112 Å². The molecule has 1 spiro atoms. The maximum atomic E-state index is 13.5. The van der Waals surface area contributed by atoms with Crippen LogP contribution in [-0.2, 0) is 14.4 Å². The molecule has 3 aliphatic rings. The number of benzene rings is 1. The van der Waals surface area contributed by atoms with Gasteiger partial charge in [0.1, 0.15) is 17.8 Å². The molecule has 1 saturated carbocycles. The summed E-state index contributed by atoms with van der Waals surface area (Å²) in [6.07, 6.45) is 7.49. The zero-order valence-electron chi connectivity index (χ0n) is 22.0. The second-order valence-electron chi connectivity index (χ2n) is 11.7. The predicted octanol–water partition coefficient (Wildman–Crippen LogP) is 4.63. The Balaban J connectivity index is 1.43. The van der Waals surface area contributed by atoms with Gasteiger partial charge in [0.2, 0.25) is 11.8 Å². The van der Waals surface area contributed by atoms with E-state index in [1.165, 1.54) is 0 Å². The largest absolute Gasteiger partial charge is 0.482 e. The van der Waals surface area contributed by atoms with Gasteiger partial charge in [-0.05, 0) is 76.0 Å². The van der Waals surface area contributed by atoms with Crippen molar-refractivity contribution in [2.75, 3.05) is 13.2 Å². The Morgan fingerprint density at radius 1 is 1.24 bits per heavy atom. The Morgan fingerprint density at radius 2 is 1.97 bits per heavy atom. The Hall–Kier alpha value is -2.50. The molecule has 1 aliphatic carbocycles. The summed E-state index contributed by atoms with van der Waals surface area (Å²) in [6, 6.07) is 5.42. The molecule has 2 saturated heterocycles. The van der Waals surface area contributed by atoms with Crippen LogP contribution >= 0.6 is 23.2 Å². The van der Waals surface area contributed by atoms with Crippen LogP contribution < -0.4 is 15.4 Å². The average molecular weight is 564 g/mol. The van der Waals surface area contributed by atoms with Gasteiger partial charge < -0.3 is 20.3 Å². The van der Waals surface area contributed by atoms with Crippen molar-refractivity contribution >= 4 is 40.9 Å². The molecule has 10 heteroatoms. The lowest BCUT2D eigenvalue weighted by molar-refractivity contribution is -0.140. The van der Waals surface area contributed by atoms with E-state index >= 15 is 0 Å². The van der Waals surface area contributed by atoms with Gasteiger partial charge in [0.25, 0.3) is 5.91 Å². The summed E-state index contributed by atoms with van der Waals surface area (Å²) in [5.41, 5.74) is -0.374. The van der Waals surface area contributed by atoms with Gasteiger partial charge in [0.15, 0.2) is 6.61 Å². The van der Waals surface area contributed by atoms with Crippen molar-refractivity contribution in [3.63, 3.8) is 0 Å². The van der Waals surface area contributed by atoms with E-state index < -0.39 is 12.1 Å². The summed E-state index contributed by atoms with van der Waals surface area (Å²) in [5, 5.41) is 16.4. The molecule has 3 amide bonds. The number of nitrogens with one attached hydrogen (secondary N) is 2. The van der Waals surface area contributed by atoms with E-state index in [1.54, 1.807) is 23.1 Å². The molecule has 0 radical (unpaired) electrons. The normalized spacial score (nSPS) is 24.8. The molecule has 1 aromatic rings. The number of likely N-dealkylation sites (tertiary alicyclic amines) is 1. The lowest BCUT2D eigenvalue weighted by Crippen LogP contribution is -2.53. The number of halogens is 2. The van der Waals surface area contributed by atoms with Gasteiger partial charge in [0, 0.05) is 23.0 Å². The van der Waals surface area contributed by atoms with E-state index in [2.05, 4.69) is 16.7 Å². The van der Waals surface area contributed by atoms with Crippen molar-refractivity contribution in [2.45, 2.75) is 89.3 Å². The minimum atomic E-state index is -0.816. The third-order valence-corrected chi connectivity index (χ3v) is 8.76. The number of piperidine rings is 1. The van der Waals surface area contributed by atoms with E-state index in [9.17, 15) is 19.6 Å². The SMILES string of the molecule is CC1(C)CC[C@@H](C[C@@H](C#N)NC(=O)[C@@H]2CC3(CCCCC3)CN2C(=O)COc2ccc(Cl)cc2Cl)C(=O)N1. The highest BCUT2D eigenvalue weighted by molar-refractivity contribution is 6.35. The van der Waals surface area contributed by atoms with Crippen molar-refractivity contribution in [2.24, 2.45) is 11.3 Å². The maximum absolute atomic E-state index is 13.5. The zero-order valence-corrected chi connectivity index (χ0v) is 23.5. The summed E-state index contributed by atoms with van der Waals surface area (Å²) in [5.74, 6) is -0.742. The van der Waals surface area contributed by atoms with Crippen molar-refractivity contribution < 1.29 is 19.1 Å². The van der Waals surface area contributed by atoms with Crippen LogP contribution in [-0.4, -0.2) is 53.4 Å². The molecule has 1 aromatic carbocycles. The lowest BCUT2D eigenvalue weighted by atomic mass is 9.72. The lowest BCUT2D eigenvalue weighted by Gasteiger charge is -2.35. The van der Waals surface area contributed by atoms with E-state index in [0.717, 1.165) is 38.5 Å². The highest BCUT2D eigenvalue weighted by atomic mass is 35.5. The quantitative estimate of drug-likeness (QED) is 0.503. The predicted molar refractivity (Wildman–Crippen MR) is 145 cm³/mol. The molecule has 0 bridgehead atoms. The third-order valence-electron chi connectivity index (χ3n) is 8.23. The molecule has 8 nitrogen and oxygen atoms in total. The number of carbonyl (C=O) groups excluding carboxylic acids is 3. The highest BCUT2D eigenvalue weighted by Gasteiger charge is 2.49. The molecular formula is C28H36Cl2N4O4. The van der Waals surface area contributed by atoms with E-state index in [-0.39, 0.29) is 47.6 Å². The zero-order chi connectivity index (χ0) is 27.5. The molecule has 0 aromatic heterocycles. The second kappa shape index (κ2) is 11.7. The number of hydrogen-bond donors (Lipinski definition) is 2. The van der Waals surface area contributed by atoms with Gasteiger partial charge in [-0.25, -0.2) is 0 Å². The maximum Gasteiger partial charge on any atom is 0.261 e. The van der Waals surface area contributed by atoms with Crippen LogP contribution in [0, 0.1) is 22.7 Å². The fraction of sp³-hybridized carbons (Fsp3) is 0.643. The third kappa shape index (κ3) is 6.73. The first kappa shape index (κ1) is 28.5. The summed E-state index contributed by atoms with van der Waals surface area (Å²) in [4.78, 5) is 41.0. The number of ether oxygens (including phenoxy) is 1. The molecule has 38 heavy (non-hydrogen) atoms. The fourth-order valence-corrected chi connectivity index (χ4v) is 6.58. The number of carbonyl (C=O) groups is 3. The molecule has 206 valence electrons. The van der Waals surface area contributed by atoms with Crippen LogP contribution in [0.1, 0.15) is 71.6 Å². The Morgan fingerprint density at radius 3 is 2.63 bits per heavy atom. The van der Waals surface area contributed by atoms with Crippen molar-refractivity contribution in [1.82, 2.24) is 15.5 Å². The smallest absolute Gasteiger partial charge is 0.261 e. The first-order valence-corrected chi connectivity index (χ1v) is 14.2. The van der Waals surface area contributed by atoms with Crippen molar-refractivity contribution in [1.29, 1.82) is 5.26 Å². The van der Waals surface area contributed by atoms with Gasteiger partial charge in [-0.3, -0.25) is 14.4 Å². The van der Waals surface area contributed by atoms with Crippen molar-refractivity contribution in [3.05, 3.63) is 28.2 Å². The van der Waals surface area contributed by atoms with Crippen LogP contribution in [0.15, 0.2) is 18.2 Å². The Labute approximate surface area is 234 Å². The molecular weight excluding hydrogens is 527 g/mol. The van der Waals surface area contributed by atoms with Gasteiger partial charge in [-0.1, -0.05) is 42.5 Å². The first-order chi connectivity index (χ1) is 18.0. The molecule has 4 rings (SSSR count). The summed E-state index contributed by atoms with van der Waals surface area (Å²) < 4.78 is 5.69. The molecule has 3 atom stereocenters. The molecule has 3 fully saturated rings. The average Bonchev–Trinajstić information content (AvgIpc) is 3.23. The summed E-state index contributed by atoms with van der Waals surface area (Å²) in [7, 11) is 0. The molecule has 2 N–H and O–H groups in total. The van der Waals surface area contributed by atoms with Gasteiger partial charge in [-0.15, -0.1) is 0 Å². The Bertz CT molecular complexity index is 1110. The van der Waals surface area contributed by atoms with E-state index in [4.69, 9.17) is 27.9 Å². The number of rotatable bonds is 7. The van der Waals surface area contributed by atoms with Crippen LogP contribution in [0.4, 0.5) is 0 Å². The fourth-order valence-electron chi connectivity index (χ4n) is 6.12. The van der Waals surface area contributed by atoms with Crippen LogP contribution in [0.5, 0.6) is 5.75 Å². The molecule has 2 heterocycles. The van der Waals surface area contributed by atoms with Gasteiger partial charge in [-0.2, -0.15) is 5.26 Å². The number of amides is 3. The number of nitriles is 1.